The van der Waals surface area contributed by atoms with Gasteiger partial charge in [-0.05, 0) is 38.3 Å². The molecule has 0 spiro atoms. The molecule has 0 bridgehead atoms. The molecule has 2 aliphatic rings. The number of piperidine rings is 1. The highest BCUT2D eigenvalue weighted by Crippen LogP contribution is 2.31. The summed E-state index contributed by atoms with van der Waals surface area (Å²) in [5.74, 6) is 1.13. The van der Waals surface area contributed by atoms with Crippen LogP contribution >= 0.6 is 0 Å². The number of hydrogen-bond donors (Lipinski definition) is 1. The van der Waals surface area contributed by atoms with Gasteiger partial charge in [-0.1, -0.05) is 18.2 Å². The fourth-order valence-electron chi connectivity index (χ4n) is 4.90. The quantitative estimate of drug-likeness (QED) is 0.556. The van der Waals surface area contributed by atoms with Gasteiger partial charge in [-0.15, -0.1) is 0 Å². The van der Waals surface area contributed by atoms with Crippen LogP contribution < -0.4 is 10.5 Å². The predicted octanol–water partition coefficient (Wildman–Crippen LogP) is 2.22. The molecule has 9 nitrogen and oxygen atoms in total. The Morgan fingerprint density at radius 1 is 1.06 bits per heavy atom. The number of nitrogens with one attached hydrogen (secondary N) is 1. The Hall–Kier alpha value is -2.98. The van der Waals surface area contributed by atoms with Crippen molar-refractivity contribution in [2.24, 2.45) is 0 Å². The molecule has 0 saturated carbocycles. The predicted molar refractivity (Wildman–Crippen MR) is 130 cm³/mol. The maximum Gasteiger partial charge on any atom is 0.256 e. The lowest BCUT2D eigenvalue weighted by Gasteiger charge is -2.32. The molecular formula is C24H30N6O3S. The average molecular weight is 483 g/mol. The summed E-state index contributed by atoms with van der Waals surface area (Å²) >= 11 is 0. The first kappa shape index (κ1) is 22.8. The van der Waals surface area contributed by atoms with Crippen LogP contribution in [0.1, 0.15) is 41.8 Å². The Labute approximate surface area is 199 Å². The number of para-hydroxylation sites is 1. The van der Waals surface area contributed by atoms with Crippen molar-refractivity contribution in [3.05, 3.63) is 63.2 Å². The van der Waals surface area contributed by atoms with Gasteiger partial charge in [-0.3, -0.25) is 14.7 Å². The Bertz CT molecular complexity index is 1360. The van der Waals surface area contributed by atoms with Gasteiger partial charge in [-0.2, -0.15) is 5.10 Å². The van der Waals surface area contributed by atoms with E-state index in [0.29, 0.717) is 37.3 Å². The van der Waals surface area contributed by atoms with Crippen LogP contribution in [0.3, 0.4) is 0 Å². The molecule has 0 unspecified atom stereocenters. The zero-order chi connectivity index (χ0) is 23.9. The molecule has 10 heteroatoms. The van der Waals surface area contributed by atoms with E-state index in [1.54, 1.807) is 0 Å². The molecule has 0 aliphatic carbocycles. The monoisotopic (exact) mass is 482 g/mol. The van der Waals surface area contributed by atoms with E-state index in [0.717, 1.165) is 36.5 Å². The number of rotatable bonds is 5. The molecule has 5 rings (SSSR count). The number of nitrogens with zero attached hydrogens (tertiary/aromatic N) is 5. The Balaban J connectivity index is 1.48. The normalized spacial score (nSPS) is 17.1. The summed E-state index contributed by atoms with van der Waals surface area (Å²) in [5.41, 5.74) is 3.94. The van der Waals surface area contributed by atoms with Crippen LogP contribution in [0.2, 0.25) is 0 Å². The number of fused-ring (bicyclic) bond motifs is 1. The van der Waals surface area contributed by atoms with Crippen LogP contribution in [0.4, 0.5) is 5.82 Å². The van der Waals surface area contributed by atoms with Gasteiger partial charge >= 0.3 is 0 Å². The van der Waals surface area contributed by atoms with Crippen LogP contribution in [-0.4, -0.2) is 59.0 Å². The standard InChI is InChI=1S/C24H30N6O3S/c1-17-19(15-28-14-11-21-20(16-28)22(31)26-24(25-21)34(2,32)33)23(29-12-7-4-8-13-29)30(27-17)18-9-5-3-6-10-18/h3,5-6,9-10H,4,7-8,11-16H2,1-2H3,(H,25,26,31). The lowest BCUT2D eigenvalue weighted by molar-refractivity contribution is 0.240. The summed E-state index contributed by atoms with van der Waals surface area (Å²) < 4.78 is 25.8. The van der Waals surface area contributed by atoms with E-state index in [-0.39, 0.29) is 10.7 Å². The highest BCUT2D eigenvalue weighted by atomic mass is 32.2. The number of anilines is 1. The zero-order valence-electron chi connectivity index (χ0n) is 19.6. The molecule has 34 heavy (non-hydrogen) atoms. The van der Waals surface area contributed by atoms with Crippen molar-refractivity contribution in [1.82, 2.24) is 24.6 Å². The number of sulfone groups is 1. The first-order valence-corrected chi connectivity index (χ1v) is 13.6. The number of benzene rings is 1. The largest absolute Gasteiger partial charge is 0.356 e. The van der Waals surface area contributed by atoms with Crippen LogP contribution in [0.5, 0.6) is 0 Å². The summed E-state index contributed by atoms with van der Waals surface area (Å²) in [7, 11) is -3.57. The molecule has 1 fully saturated rings. The van der Waals surface area contributed by atoms with E-state index in [9.17, 15) is 13.2 Å². The minimum absolute atomic E-state index is 0.253. The lowest BCUT2D eigenvalue weighted by Crippen LogP contribution is -2.37. The third kappa shape index (κ3) is 4.39. The molecule has 3 aromatic rings. The van der Waals surface area contributed by atoms with E-state index in [1.807, 2.05) is 25.1 Å². The Morgan fingerprint density at radius 2 is 1.79 bits per heavy atom. The summed E-state index contributed by atoms with van der Waals surface area (Å²) in [4.78, 5) is 24.1. The second-order valence-corrected chi connectivity index (χ2v) is 11.1. The minimum Gasteiger partial charge on any atom is -0.356 e. The second-order valence-electron chi connectivity index (χ2n) is 9.21. The molecule has 0 atom stereocenters. The van der Waals surface area contributed by atoms with Crippen LogP contribution in [-0.2, 0) is 29.3 Å². The van der Waals surface area contributed by atoms with Gasteiger partial charge in [0.05, 0.1) is 22.6 Å². The van der Waals surface area contributed by atoms with E-state index in [2.05, 4.69) is 36.6 Å². The first-order chi connectivity index (χ1) is 16.3. The average Bonchev–Trinajstić information content (AvgIpc) is 3.15. The Kier molecular flexibility index (Phi) is 6.03. The van der Waals surface area contributed by atoms with Gasteiger partial charge in [0.15, 0.2) is 0 Å². The summed E-state index contributed by atoms with van der Waals surface area (Å²) in [6.07, 6.45) is 5.17. The topological polar surface area (TPSA) is 104 Å². The third-order valence-electron chi connectivity index (χ3n) is 6.67. The molecule has 1 saturated heterocycles. The maximum atomic E-state index is 12.7. The molecule has 180 valence electrons. The lowest BCUT2D eigenvalue weighted by atomic mass is 10.1. The van der Waals surface area contributed by atoms with Crippen LogP contribution in [0.25, 0.3) is 5.69 Å². The molecular weight excluding hydrogens is 452 g/mol. The van der Waals surface area contributed by atoms with Gasteiger partial charge in [0.25, 0.3) is 5.56 Å². The van der Waals surface area contributed by atoms with Gasteiger partial charge in [0, 0.05) is 51.0 Å². The zero-order valence-corrected chi connectivity index (χ0v) is 20.4. The highest BCUT2D eigenvalue weighted by Gasteiger charge is 2.28. The van der Waals surface area contributed by atoms with Crippen molar-refractivity contribution in [1.29, 1.82) is 0 Å². The summed E-state index contributed by atoms with van der Waals surface area (Å²) in [6.45, 7) is 5.85. The van der Waals surface area contributed by atoms with Crippen molar-refractivity contribution in [3.63, 3.8) is 0 Å². The second kappa shape index (κ2) is 8.99. The Morgan fingerprint density at radius 3 is 2.50 bits per heavy atom. The fraction of sp³-hybridized carbons (Fsp3) is 0.458. The number of aryl methyl sites for hydroxylation is 1. The van der Waals surface area contributed by atoms with Crippen molar-refractivity contribution < 1.29 is 8.42 Å². The maximum absolute atomic E-state index is 12.7. The fourth-order valence-corrected chi connectivity index (χ4v) is 5.46. The molecule has 2 aromatic heterocycles. The van der Waals surface area contributed by atoms with E-state index in [4.69, 9.17) is 5.10 Å². The molecule has 1 N–H and O–H groups in total. The van der Waals surface area contributed by atoms with E-state index in [1.165, 1.54) is 24.8 Å². The van der Waals surface area contributed by atoms with Crippen LogP contribution in [0, 0.1) is 6.92 Å². The van der Waals surface area contributed by atoms with Gasteiger partial charge in [0.1, 0.15) is 5.82 Å². The first-order valence-electron chi connectivity index (χ1n) is 11.7. The molecule has 4 heterocycles. The minimum atomic E-state index is -3.57. The van der Waals surface area contributed by atoms with Crippen molar-refractivity contribution >= 4 is 15.7 Å². The molecule has 0 radical (unpaired) electrons. The SMILES string of the molecule is Cc1nn(-c2ccccc2)c(N2CCCCC2)c1CN1CCc2nc(S(C)(=O)=O)[nH]c(=O)c2C1. The molecule has 0 amide bonds. The van der Waals surface area contributed by atoms with Gasteiger partial charge < -0.3 is 4.90 Å². The summed E-state index contributed by atoms with van der Waals surface area (Å²) in [6, 6.07) is 10.2. The number of aromatic amines is 1. The van der Waals surface area contributed by atoms with E-state index >= 15 is 0 Å². The van der Waals surface area contributed by atoms with E-state index < -0.39 is 9.84 Å². The third-order valence-corrected chi connectivity index (χ3v) is 7.57. The summed E-state index contributed by atoms with van der Waals surface area (Å²) in [5, 5.41) is 4.67. The smallest absolute Gasteiger partial charge is 0.256 e. The van der Waals surface area contributed by atoms with Crippen molar-refractivity contribution in [3.8, 4) is 5.69 Å². The van der Waals surface area contributed by atoms with Gasteiger partial charge in [0.2, 0.25) is 15.0 Å². The number of hydrogen-bond acceptors (Lipinski definition) is 7. The van der Waals surface area contributed by atoms with Crippen LogP contribution in [0.15, 0.2) is 40.3 Å². The van der Waals surface area contributed by atoms with Crippen molar-refractivity contribution in [2.75, 3.05) is 30.8 Å². The van der Waals surface area contributed by atoms with Gasteiger partial charge in [-0.25, -0.2) is 18.1 Å². The van der Waals surface area contributed by atoms with Crippen molar-refractivity contribution in [2.45, 2.75) is 50.9 Å². The highest BCUT2D eigenvalue weighted by molar-refractivity contribution is 7.90. The number of aromatic nitrogens is 4. The number of H-pyrrole nitrogens is 1. The molecule has 2 aliphatic heterocycles. The molecule has 1 aromatic carbocycles.